The standard InChI is InChI=1S/C10H14O3S2/c1-3-8(2)15(12,13)7-9(11)10-5-4-6-14-10/h4-6,8H,3,7H2,1-2H3. The van der Waals surface area contributed by atoms with Gasteiger partial charge in [-0.15, -0.1) is 11.3 Å². The van der Waals surface area contributed by atoms with Gasteiger partial charge in [0.2, 0.25) is 0 Å². The number of carbonyl (C=O) groups excluding carboxylic acids is 1. The van der Waals surface area contributed by atoms with Crippen LogP contribution in [0.1, 0.15) is 29.9 Å². The SMILES string of the molecule is CCC(C)S(=O)(=O)CC(=O)c1cccs1. The molecule has 0 radical (unpaired) electrons. The lowest BCUT2D eigenvalue weighted by Crippen LogP contribution is -2.24. The number of sulfone groups is 1. The van der Waals surface area contributed by atoms with Crippen molar-refractivity contribution in [2.75, 3.05) is 5.75 Å². The van der Waals surface area contributed by atoms with E-state index in [9.17, 15) is 13.2 Å². The first-order chi connectivity index (χ1) is 6.97. The molecular weight excluding hydrogens is 232 g/mol. The van der Waals surface area contributed by atoms with E-state index < -0.39 is 15.1 Å². The molecule has 0 saturated carbocycles. The van der Waals surface area contributed by atoms with Crippen molar-refractivity contribution >= 4 is 27.0 Å². The Hall–Kier alpha value is -0.680. The van der Waals surface area contributed by atoms with E-state index >= 15 is 0 Å². The van der Waals surface area contributed by atoms with E-state index in [2.05, 4.69) is 0 Å². The van der Waals surface area contributed by atoms with Crippen LogP contribution in [0.4, 0.5) is 0 Å². The number of thiophene rings is 1. The smallest absolute Gasteiger partial charge is 0.187 e. The summed E-state index contributed by atoms with van der Waals surface area (Å²) in [6, 6.07) is 3.40. The van der Waals surface area contributed by atoms with Gasteiger partial charge in [-0.05, 0) is 24.8 Å². The Morgan fingerprint density at radius 1 is 1.53 bits per heavy atom. The van der Waals surface area contributed by atoms with Crippen molar-refractivity contribution in [1.82, 2.24) is 0 Å². The second kappa shape index (κ2) is 4.90. The lowest BCUT2D eigenvalue weighted by atomic mass is 10.3. The maximum Gasteiger partial charge on any atom is 0.187 e. The van der Waals surface area contributed by atoms with E-state index in [1.54, 1.807) is 31.4 Å². The molecule has 0 aliphatic heterocycles. The van der Waals surface area contributed by atoms with Crippen LogP contribution in [0, 0.1) is 0 Å². The van der Waals surface area contributed by atoms with Gasteiger partial charge in [-0.2, -0.15) is 0 Å². The minimum atomic E-state index is -3.28. The molecule has 84 valence electrons. The first-order valence-corrected chi connectivity index (χ1v) is 7.35. The molecule has 0 aromatic carbocycles. The van der Waals surface area contributed by atoms with Crippen LogP contribution in [0.25, 0.3) is 0 Å². The summed E-state index contributed by atoms with van der Waals surface area (Å²) in [5.74, 6) is -0.673. The van der Waals surface area contributed by atoms with E-state index in [4.69, 9.17) is 0 Å². The Kier molecular flexibility index (Phi) is 4.04. The monoisotopic (exact) mass is 246 g/mol. The fraction of sp³-hybridized carbons (Fsp3) is 0.500. The van der Waals surface area contributed by atoms with Gasteiger partial charge in [0.15, 0.2) is 15.6 Å². The quantitative estimate of drug-likeness (QED) is 0.748. The van der Waals surface area contributed by atoms with Crippen LogP contribution in [0.2, 0.25) is 0 Å². The summed E-state index contributed by atoms with van der Waals surface area (Å²) >= 11 is 1.28. The van der Waals surface area contributed by atoms with Gasteiger partial charge >= 0.3 is 0 Å². The Labute approximate surface area is 94.0 Å². The van der Waals surface area contributed by atoms with Crippen molar-refractivity contribution in [2.24, 2.45) is 0 Å². The predicted molar refractivity (Wildman–Crippen MR) is 62.2 cm³/mol. The number of hydrogen-bond acceptors (Lipinski definition) is 4. The van der Waals surface area contributed by atoms with Crippen molar-refractivity contribution < 1.29 is 13.2 Å². The van der Waals surface area contributed by atoms with Crippen LogP contribution in [0.3, 0.4) is 0 Å². The van der Waals surface area contributed by atoms with Crippen molar-refractivity contribution in [3.05, 3.63) is 22.4 Å². The normalized spacial score (nSPS) is 13.7. The average Bonchev–Trinajstić information content (AvgIpc) is 2.68. The fourth-order valence-electron chi connectivity index (χ4n) is 1.09. The summed E-state index contributed by atoms with van der Waals surface area (Å²) in [7, 11) is -3.28. The van der Waals surface area contributed by atoms with Gasteiger partial charge in [-0.3, -0.25) is 4.79 Å². The predicted octanol–water partition coefficient (Wildman–Crippen LogP) is 2.14. The molecule has 1 aromatic heterocycles. The molecule has 0 aliphatic rings. The van der Waals surface area contributed by atoms with Crippen LogP contribution in [-0.2, 0) is 9.84 Å². The van der Waals surface area contributed by atoms with Crippen LogP contribution >= 0.6 is 11.3 Å². The summed E-state index contributed by atoms with van der Waals surface area (Å²) in [5, 5.41) is 1.32. The molecule has 15 heavy (non-hydrogen) atoms. The first-order valence-electron chi connectivity index (χ1n) is 4.75. The molecule has 0 fully saturated rings. The third kappa shape index (κ3) is 3.14. The highest BCUT2D eigenvalue weighted by Gasteiger charge is 2.23. The Balaban J connectivity index is 2.75. The number of rotatable bonds is 5. The van der Waals surface area contributed by atoms with Crippen LogP contribution in [0.5, 0.6) is 0 Å². The van der Waals surface area contributed by atoms with Crippen LogP contribution in [-0.4, -0.2) is 25.2 Å². The molecule has 1 unspecified atom stereocenters. The molecule has 1 heterocycles. The maximum atomic E-state index is 11.7. The van der Waals surface area contributed by atoms with E-state index in [-0.39, 0.29) is 11.5 Å². The molecule has 3 nitrogen and oxygen atoms in total. The maximum absolute atomic E-state index is 11.7. The largest absolute Gasteiger partial charge is 0.292 e. The fourth-order valence-corrected chi connectivity index (χ4v) is 3.16. The minimum absolute atomic E-state index is 0.301. The topological polar surface area (TPSA) is 51.2 Å². The van der Waals surface area contributed by atoms with E-state index in [1.807, 2.05) is 0 Å². The molecule has 1 rings (SSSR count). The van der Waals surface area contributed by atoms with Gasteiger partial charge in [0.1, 0.15) is 5.75 Å². The van der Waals surface area contributed by atoms with E-state index in [0.29, 0.717) is 11.3 Å². The second-order valence-electron chi connectivity index (χ2n) is 3.43. The number of ketones is 1. The highest BCUT2D eigenvalue weighted by atomic mass is 32.2. The molecule has 0 aliphatic carbocycles. The van der Waals surface area contributed by atoms with Gasteiger partial charge < -0.3 is 0 Å². The van der Waals surface area contributed by atoms with E-state index in [0.717, 1.165) is 0 Å². The number of hydrogen-bond donors (Lipinski definition) is 0. The molecule has 0 N–H and O–H groups in total. The summed E-state index contributed by atoms with van der Waals surface area (Å²) < 4.78 is 23.3. The lowest BCUT2D eigenvalue weighted by Gasteiger charge is -2.08. The molecule has 0 saturated heterocycles. The van der Waals surface area contributed by atoms with Gasteiger partial charge in [-0.1, -0.05) is 13.0 Å². The van der Waals surface area contributed by atoms with Crippen molar-refractivity contribution in [3.8, 4) is 0 Å². The molecule has 0 amide bonds. The van der Waals surface area contributed by atoms with Crippen LogP contribution < -0.4 is 0 Å². The zero-order chi connectivity index (χ0) is 11.5. The molecule has 1 atom stereocenters. The molecule has 5 heteroatoms. The summed E-state index contributed by atoms with van der Waals surface area (Å²) in [4.78, 5) is 12.1. The van der Waals surface area contributed by atoms with Crippen molar-refractivity contribution in [3.63, 3.8) is 0 Å². The molecular formula is C10H14O3S2. The van der Waals surface area contributed by atoms with Gasteiger partial charge in [0.25, 0.3) is 0 Å². The van der Waals surface area contributed by atoms with Gasteiger partial charge in [-0.25, -0.2) is 8.42 Å². The van der Waals surface area contributed by atoms with Crippen LogP contribution in [0.15, 0.2) is 17.5 Å². The number of Topliss-reactive ketones (excluding diaryl/α,β-unsaturated/α-hetero) is 1. The second-order valence-corrected chi connectivity index (χ2v) is 6.79. The summed E-state index contributed by atoms with van der Waals surface area (Å²) in [6.45, 7) is 3.44. The molecule has 0 spiro atoms. The molecule has 1 aromatic rings. The van der Waals surface area contributed by atoms with Gasteiger partial charge in [0, 0.05) is 0 Å². The highest BCUT2D eigenvalue weighted by molar-refractivity contribution is 7.92. The zero-order valence-corrected chi connectivity index (χ0v) is 10.4. The van der Waals surface area contributed by atoms with Crippen molar-refractivity contribution in [1.29, 1.82) is 0 Å². The van der Waals surface area contributed by atoms with Crippen molar-refractivity contribution in [2.45, 2.75) is 25.5 Å². The van der Waals surface area contributed by atoms with Gasteiger partial charge in [0.05, 0.1) is 10.1 Å². The lowest BCUT2D eigenvalue weighted by molar-refractivity contribution is 0.102. The van der Waals surface area contributed by atoms with E-state index in [1.165, 1.54) is 11.3 Å². The highest BCUT2D eigenvalue weighted by Crippen LogP contribution is 2.13. The average molecular weight is 246 g/mol. The zero-order valence-electron chi connectivity index (χ0n) is 8.76. The molecule has 0 bridgehead atoms. The first kappa shape index (κ1) is 12.4. The Morgan fingerprint density at radius 3 is 2.67 bits per heavy atom. The third-order valence-corrected chi connectivity index (χ3v) is 5.45. The summed E-state index contributed by atoms with van der Waals surface area (Å²) in [5.41, 5.74) is 0. The summed E-state index contributed by atoms with van der Waals surface area (Å²) in [6.07, 6.45) is 0.542. The number of carbonyl (C=O) groups is 1. The Bertz CT molecular complexity index is 418. The third-order valence-electron chi connectivity index (χ3n) is 2.32. The minimum Gasteiger partial charge on any atom is -0.292 e. The Morgan fingerprint density at radius 2 is 2.20 bits per heavy atom.